The first kappa shape index (κ1) is 6.96. The molecule has 0 saturated heterocycles. The van der Waals surface area contributed by atoms with Gasteiger partial charge in [0.15, 0.2) is 0 Å². The van der Waals surface area contributed by atoms with E-state index in [1.165, 1.54) is 18.4 Å². The van der Waals surface area contributed by atoms with Crippen molar-refractivity contribution in [1.29, 1.82) is 0 Å². The second-order valence-electron chi connectivity index (χ2n) is 3.94. The number of nitrogens with two attached hydrogens (primary N) is 1. The molecule has 2 aliphatic carbocycles. The van der Waals surface area contributed by atoms with Crippen LogP contribution in [0.2, 0.25) is 0 Å². The molecule has 0 amide bonds. The van der Waals surface area contributed by atoms with E-state index in [2.05, 4.69) is 19.6 Å². The Bertz CT molecular complexity index is 227. The van der Waals surface area contributed by atoms with E-state index in [0.29, 0.717) is 5.92 Å². The quantitative estimate of drug-likeness (QED) is 0.606. The highest BCUT2D eigenvalue weighted by molar-refractivity contribution is 5.32. The van der Waals surface area contributed by atoms with Crippen molar-refractivity contribution in [2.24, 2.45) is 23.5 Å². The predicted molar refractivity (Wildman–Crippen MR) is 46.8 cm³/mol. The molecular formula is C10H15N. The second-order valence-corrected chi connectivity index (χ2v) is 3.94. The fourth-order valence-corrected chi connectivity index (χ4v) is 2.15. The molecule has 0 spiro atoms. The van der Waals surface area contributed by atoms with Gasteiger partial charge in [-0.3, -0.25) is 0 Å². The lowest BCUT2D eigenvalue weighted by molar-refractivity contribution is 0.528. The Morgan fingerprint density at radius 1 is 1.64 bits per heavy atom. The summed E-state index contributed by atoms with van der Waals surface area (Å²) >= 11 is 0. The Kier molecular flexibility index (Phi) is 1.35. The van der Waals surface area contributed by atoms with Gasteiger partial charge in [-0.05, 0) is 36.2 Å². The largest absolute Gasteiger partial charge is 0.399 e. The van der Waals surface area contributed by atoms with Crippen LogP contribution in [0.5, 0.6) is 0 Å². The molecule has 0 aliphatic heterocycles. The normalized spacial score (nSPS) is 40.8. The molecule has 60 valence electrons. The minimum atomic E-state index is 0.649. The smallest absolute Gasteiger partial charge is 0.0273 e. The van der Waals surface area contributed by atoms with E-state index in [4.69, 9.17) is 5.73 Å². The van der Waals surface area contributed by atoms with Gasteiger partial charge in [0.05, 0.1) is 0 Å². The van der Waals surface area contributed by atoms with Crippen LogP contribution in [0.4, 0.5) is 0 Å². The Labute approximate surface area is 68.0 Å². The number of hydrogen-bond donors (Lipinski definition) is 1. The summed E-state index contributed by atoms with van der Waals surface area (Å²) < 4.78 is 0. The third-order valence-electron chi connectivity index (χ3n) is 2.93. The van der Waals surface area contributed by atoms with Gasteiger partial charge in [-0.1, -0.05) is 19.6 Å². The van der Waals surface area contributed by atoms with Gasteiger partial charge in [0.25, 0.3) is 0 Å². The maximum absolute atomic E-state index is 5.68. The lowest BCUT2D eigenvalue weighted by Gasteiger charge is -2.19. The number of rotatable bonds is 1. The van der Waals surface area contributed by atoms with Gasteiger partial charge in [0, 0.05) is 5.70 Å². The second kappa shape index (κ2) is 2.13. The highest BCUT2D eigenvalue weighted by Gasteiger charge is 2.40. The third-order valence-corrected chi connectivity index (χ3v) is 2.93. The minimum absolute atomic E-state index is 0.649. The molecule has 2 rings (SSSR count). The minimum Gasteiger partial charge on any atom is -0.399 e. The standard InChI is InChI=1S/C10H15N/c1-6-3-8-4-9(8)5-10(6)7(2)11/h5-6,8-9H,2-4,11H2,1H3/t6-,8?,9+/m1/s1. The Hall–Kier alpha value is -0.720. The maximum Gasteiger partial charge on any atom is 0.0273 e. The van der Waals surface area contributed by atoms with Crippen LogP contribution in [-0.2, 0) is 0 Å². The van der Waals surface area contributed by atoms with E-state index < -0.39 is 0 Å². The summed E-state index contributed by atoms with van der Waals surface area (Å²) in [7, 11) is 0. The van der Waals surface area contributed by atoms with Crippen molar-refractivity contribution in [3.63, 3.8) is 0 Å². The van der Waals surface area contributed by atoms with Crippen LogP contribution in [0.15, 0.2) is 23.9 Å². The van der Waals surface area contributed by atoms with Crippen LogP contribution in [-0.4, -0.2) is 0 Å². The number of fused-ring (bicyclic) bond motifs is 1. The average Bonchev–Trinajstić information content (AvgIpc) is 2.63. The van der Waals surface area contributed by atoms with Crippen LogP contribution < -0.4 is 5.73 Å². The summed E-state index contributed by atoms with van der Waals surface area (Å²) in [6, 6.07) is 0. The molecule has 1 nitrogen and oxygen atoms in total. The van der Waals surface area contributed by atoms with Gasteiger partial charge >= 0.3 is 0 Å². The molecule has 0 radical (unpaired) electrons. The number of hydrogen-bond acceptors (Lipinski definition) is 1. The monoisotopic (exact) mass is 149 g/mol. The van der Waals surface area contributed by atoms with E-state index in [1.54, 1.807) is 0 Å². The first-order valence-electron chi connectivity index (χ1n) is 4.35. The zero-order valence-electron chi connectivity index (χ0n) is 7.01. The van der Waals surface area contributed by atoms with Gasteiger partial charge < -0.3 is 5.73 Å². The molecule has 2 aliphatic rings. The molecule has 0 aromatic rings. The molecule has 0 heterocycles. The summed E-state index contributed by atoms with van der Waals surface area (Å²) in [5.41, 5.74) is 7.77. The van der Waals surface area contributed by atoms with Gasteiger partial charge in [-0.25, -0.2) is 0 Å². The zero-order valence-corrected chi connectivity index (χ0v) is 7.01. The SMILES string of the molecule is C=C(N)C1=C[C@@H]2CC2C[C@H]1C. The summed E-state index contributed by atoms with van der Waals surface area (Å²) in [6.07, 6.45) is 5.05. The van der Waals surface area contributed by atoms with Crippen LogP contribution in [0.25, 0.3) is 0 Å². The topological polar surface area (TPSA) is 26.0 Å². The van der Waals surface area contributed by atoms with Crippen molar-refractivity contribution in [2.45, 2.75) is 19.8 Å². The molecule has 11 heavy (non-hydrogen) atoms. The van der Waals surface area contributed by atoms with Gasteiger partial charge in [0.2, 0.25) is 0 Å². The maximum atomic E-state index is 5.68. The van der Waals surface area contributed by atoms with E-state index in [-0.39, 0.29) is 0 Å². The van der Waals surface area contributed by atoms with Crippen molar-refractivity contribution >= 4 is 0 Å². The van der Waals surface area contributed by atoms with E-state index >= 15 is 0 Å². The molecule has 0 aromatic heterocycles. The average molecular weight is 149 g/mol. The van der Waals surface area contributed by atoms with Gasteiger partial charge in [-0.2, -0.15) is 0 Å². The summed E-state index contributed by atoms with van der Waals surface area (Å²) in [6.45, 7) is 6.04. The Balaban J connectivity index is 2.22. The number of allylic oxidation sites excluding steroid dienone is 2. The molecule has 3 atom stereocenters. The zero-order chi connectivity index (χ0) is 8.01. The van der Waals surface area contributed by atoms with Crippen molar-refractivity contribution in [1.82, 2.24) is 0 Å². The fraction of sp³-hybridized carbons (Fsp3) is 0.600. The van der Waals surface area contributed by atoms with Crippen molar-refractivity contribution in [3.05, 3.63) is 23.9 Å². The van der Waals surface area contributed by atoms with E-state index in [0.717, 1.165) is 17.5 Å². The molecule has 1 heteroatoms. The van der Waals surface area contributed by atoms with Gasteiger partial charge in [-0.15, -0.1) is 0 Å². The molecular weight excluding hydrogens is 134 g/mol. The molecule has 2 N–H and O–H groups in total. The summed E-state index contributed by atoms with van der Waals surface area (Å²) in [5, 5.41) is 0. The fourth-order valence-electron chi connectivity index (χ4n) is 2.15. The highest BCUT2D eigenvalue weighted by atomic mass is 14.6. The van der Waals surface area contributed by atoms with Crippen molar-refractivity contribution in [2.75, 3.05) is 0 Å². The van der Waals surface area contributed by atoms with Gasteiger partial charge in [0.1, 0.15) is 0 Å². The van der Waals surface area contributed by atoms with E-state index in [1.807, 2.05) is 0 Å². The van der Waals surface area contributed by atoms with Crippen LogP contribution in [0, 0.1) is 17.8 Å². The summed E-state index contributed by atoms with van der Waals surface area (Å²) in [4.78, 5) is 0. The Morgan fingerprint density at radius 2 is 2.36 bits per heavy atom. The summed E-state index contributed by atoms with van der Waals surface area (Å²) in [5.74, 6) is 2.48. The van der Waals surface area contributed by atoms with Crippen molar-refractivity contribution in [3.8, 4) is 0 Å². The van der Waals surface area contributed by atoms with Crippen molar-refractivity contribution < 1.29 is 0 Å². The van der Waals surface area contributed by atoms with E-state index in [9.17, 15) is 0 Å². The first-order valence-corrected chi connectivity index (χ1v) is 4.35. The molecule has 1 unspecified atom stereocenters. The molecule has 0 bridgehead atoms. The van der Waals surface area contributed by atoms with Crippen LogP contribution >= 0.6 is 0 Å². The van der Waals surface area contributed by atoms with Crippen LogP contribution in [0.1, 0.15) is 19.8 Å². The predicted octanol–water partition coefficient (Wildman–Crippen LogP) is 2.06. The highest BCUT2D eigenvalue weighted by Crippen LogP contribution is 2.50. The molecule has 1 fully saturated rings. The van der Waals surface area contributed by atoms with Crippen LogP contribution in [0.3, 0.4) is 0 Å². The lowest BCUT2D eigenvalue weighted by Crippen LogP contribution is -2.12. The molecule has 1 saturated carbocycles. The lowest BCUT2D eigenvalue weighted by atomic mass is 9.88. The third kappa shape index (κ3) is 1.09. The Morgan fingerprint density at radius 3 is 3.00 bits per heavy atom. The molecule has 0 aromatic carbocycles. The first-order chi connectivity index (χ1) is 5.18.